The van der Waals surface area contributed by atoms with E-state index in [9.17, 15) is 9.18 Å². The van der Waals surface area contributed by atoms with Crippen LogP contribution in [-0.4, -0.2) is 80.1 Å². The van der Waals surface area contributed by atoms with Crippen molar-refractivity contribution >= 4 is 11.7 Å². The molecule has 3 rings (SSSR count). The highest BCUT2D eigenvalue weighted by atomic mass is 19.1. The predicted octanol–water partition coefficient (Wildman–Crippen LogP) is 1.32. The number of rotatable bonds is 1. The number of piperazine rings is 2. The van der Waals surface area contributed by atoms with Crippen LogP contribution >= 0.6 is 0 Å². The van der Waals surface area contributed by atoms with E-state index in [2.05, 4.69) is 11.9 Å². The lowest BCUT2D eigenvalue weighted by Gasteiger charge is -2.40. The maximum Gasteiger partial charge on any atom is 0.320 e. The number of benzene rings is 1. The Labute approximate surface area is 130 Å². The molecule has 1 aromatic carbocycles. The van der Waals surface area contributed by atoms with E-state index in [4.69, 9.17) is 0 Å². The van der Waals surface area contributed by atoms with Crippen molar-refractivity contribution in [3.63, 3.8) is 0 Å². The lowest BCUT2D eigenvalue weighted by atomic mass is 10.2. The molecule has 2 fully saturated rings. The van der Waals surface area contributed by atoms with E-state index in [1.165, 1.54) is 6.07 Å². The molecule has 0 spiro atoms. The summed E-state index contributed by atoms with van der Waals surface area (Å²) in [6.45, 7) is 6.12. The average Bonchev–Trinajstić information content (AvgIpc) is 2.56. The highest BCUT2D eigenvalue weighted by Gasteiger charge is 2.27. The molecule has 0 saturated carbocycles. The van der Waals surface area contributed by atoms with Gasteiger partial charge in [-0.1, -0.05) is 12.1 Å². The van der Waals surface area contributed by atoms with Gasteiger partial charge in [0.1, 0.15) is 5.82 Å². The van der Waals surface area contributed by atoms with Gasteiger partial charge in [0, 0.05) is 52.4 Å². The average molecular weight is 306 g/mol. The molecule has 2 aliphatic rings. The van der Waals surface area contributed by atoms with Crippen LogP contribution < -0.4 is 4.90 Å². The fourth-order valence-electron chi connectivity index (χ4n) is 3.04. The van der Waals surface area contributed by atoms with E-state index in [1.54, 1.807) is 12.1 Å². The fourth-order valence-corrected chi connectivity index (χ4v) is 3.04. The highest BCUT2D eigenvalue weighted by Crippen LogP contribution is 2.20. The number of hydrogen-bond donors (Lipinski definition) is 0. The van der Waals surface area contributed by atoms with Crippen molar-refractivity contribution in [2.45, 2.75) is 0 Å². The minimum absolute atomic E-state index is 0.126. The van der Waals surface area contributed by atoms with Crippen LogP contribution in [0.15, 0.2) is 24.3 Å². The Morgan fingerprint density at radius 1 is 0.909 bits per heavy atom. The lowest BCUT2D eigenvalue weighted by Crippen LogP contribution is -2.56. The van der Waals surface area contributed by atoms with E-state index < -0.39 is 0 Å². The largest absolute Gasteiger partial charge is 0.366 e. The number of hydrogen-bond acceptors (Lipinski definition) is 3. The Morgan fingerprint density at radius 2 is 1.45 bits per heavy atom. The number of nitrogens with zero attached hydrogens (tertiary/aromatic N) is 4. The lowest BCUT2D eigenvalue weighted by molar-refractivity contribution is 0.120. The summed E-state index contributed by atoms with van der Waals surface area (Å²) in [4.78, 5) is 20.6. The van der Waals surface area contributed by atoms with Crippen LogP contribution in [-0.2, 0) is 0 Å². The number of likely N-dealkylation sites (N-methyl/N-ethyl adjacent to an activating group) is 1. The van der Waals surface area contributed by atoms with Crippen molar-refractivity contribution in [1.29, 1.82) is 0 Å². The number of urea groups is 1. The van der Waals surface area contributed by atoms with E-state index in [0.717, 1.165) is 26.2 Å². The first kappa shape index (κ1) is 15.1. The van der Waals surface area contributed by atoms with Crippen LogP contribution in [0.25, 0.3) is 0 Å². The molecule has 0 bridgehead atoms. The maximum absolute atomic E-state index is 13.8. The summed E-state index contributed by atoms with van der Waals surface area (Å²) >= 11 is 0. The van der Waals surface area contributed by atoms with E-state index in [0.29, 0.717) is 31.9 Å². The second-order valence-corrected chi connectivity index (χ2v) is 6.00. The van der Waals surface area contributed by atoms with E-state index >= 15 is 0 Å². The van der Waals surface area contributed by atoms with Crippen molar-refractivity contribution in [3.05, 3.63) is 30.1 Å². The first-order valence-corrected chi connectivity index (χ1v) is 7.87. The normalized spacial score (nSPS) is 20.4. The third-order valence-corrected chi connectivity index (χ3v) is 4.52. The Kier molecular flexibility index (Phi) is 4.47. The molecule has 0 N–H and O–H groups in total. The molecular formula is C16H23FN4O. The number of anilines is 1. The SMILES string of the molecule is CN1CCN(C(=O)N2CCN(c3ccccc3F)CC2)CC1. The van der Waals surface area contributed by atoms with Crippen molar-refractivity contribution in [2.24, 2.45) is 0 Å². The standard InChI is InChI=1S/C16H23FN4O/c1-18-6-8-20(9-7-18)16(22)21-12-10-19(11-13-21)15-5-3-2-4-14(15)17/h2-5H,6-13H2,1H3. The topological polar surface area (TPSA) is 30.0 Å². The van der Waals surface area contributed by atoms with Crippen LogP contribution in [0.2, 0.25) is 0 Å². The summed E-state index contributed by atoms with van der Waals surface area (Å²) in [5.41, 5.74) is 0.634. The minimum Gasteiger partial charge on any atom is -0.366 e. The first-order valence-electron chi connectivity index (χ1n) is 7.87. The molecule has 2 aliphatic heterocycles. The zero-order chi connectivity index (χ0) is 15.5. The maximum atomic E-state index is 13.8. The smallest absolute Gasteiger partial charge is 0.320 e. The monoisotopic (exact) mass is 306 g/mol. The molecule has 2 heterocycles. The van der Waals surface area contributed by atoms with Crippen LogP contribution in [0.1, 0.15) is 0 Å². The van der Waals surface area contributed by atoms with Gasteiger partial charge >= 0.3 is 6.03 Å². The molecule has 5 nitrogen and oxygen atoms in total. The number of halogens is 1. The van der Waals surface area contributed by atoms with Gasteiger partial charge < -0.3 is 19.6 Å². The summed E-state index contributed by atoms with van der Waals surface area (Å²) in [5, 5.41) is 0. The zero-order valence-electron chi connectivity index (χ0n) is 13.0. The highest BCUT2D eigenvalue weighted by molar-refractivity contribution is 5.75. The summed E-state index contributed by atoms with van der Waals surface area (Å²) in [6.07, 6.45) is 0. The molecule has 22 heavy (non-hydrogen) atoms. The van der Waals surface area contributed by atoms with E-state index in [-0.39, 0.29) is 11.8 Å². The van der Waals surface area contributed by atoms with Gasteiger partial charge in [-0.2, -0.15) is 0 Å². The first-order chi connectivity index (χ1) is 10.6. The number of amides is 2. The summed E-state index contributed by atoms with van der Waals surface area (Å²) in [5.74, 6) is -0.193. The van der Waals surface area contributed by atoms with Crippen molar-refractivity contribution < 1.29 is 9.18 Å². The molecule has 0 aromatic heterocycles. The third-order valence-electron chi connectivity index (χ3n) is 4.52. The second-order valence-electron chi connectivity index (χ2n) is 6.00. The van der Waals surface area contributed by atoms with E-state index in [1.807, 2.05) is 20.8 Å². The zero-order valence-corrected chi connectivity index (χ0v) is 13.0. The van der Waals surface area contributed by atoms with Crippen molar-refractivity contribution in [2.75, 3.05) is 64.3 Å². The predicted molar refractivity (Wildman–Crippen MR) is 84.7 cm³/mol. The van der Waals surface area contributed by atoms with Gasteiger partial charge in [0.05, 0.1) is 5.69 Å². The molecule has 0 aliphatic carbocycles. The summed E-state index contributed by atoms with van der Waals surface area (Å²) in [7, 11) is 2.08. The van der Waals surface area contributed by atoms with Crippen LogP contribution in [0.4, 0.5) is 14.9 Å². The number of carbonyl (C=O) groups excluding carboxylic acids is 1. The van der Waals surface area contributed by atoms with Crippen molar-refractivity contribution in [3.8, 4) is 0 Å². The second kappa shape index (κ2) is 6.52. The Balaban J connectivity index is 1.55. The van der Waals surface area contributed by atoms with Crippen LogP contribution in [0.5, 0.6) is 0 Å². The van der Waals surface area contributed by atoms with Crippen LogP contribution in [0.3, 0.4) is 0 Å². The molecule has 120 valence electrons. The quantitative estimate of drug-likeness (QED) is 0.784. The fraction of sp³-hybridized carbons (Fsp3) is 0.562. The Bertz CT molecular complexity index is 523. The molecule has 0 atom stereocenters. The number of carbonyl (C=O) groups is 1. The molecule has 1 aromatic rings. The van der Waals surface area contributed by atoms with Crippen LogP contribution in [0, 0.1) is 5.82 Å². The van der Waals surface area contributed by atoms with Gasteiger partial charge in [0.25, 0.3) is 0 Å². The molecule has 2 saturated heterocycles. The Hall–Kier alpha value is -1.82. The van der Waals surface area contributed by atoms with Gasteiger partial charge in [-0.3, -0.25) is 0 Å². The third kappa shape index (κ3) is 3.16. The van der Waals surface area contributed by atoms with Crippen molar-refractivity contribution in [1.82, 2.24) is 14.7 Å². The molecule has 0 unspecified atom stereocenters. The van der Waals surface area contributed by atoms with Gasteiger partial charge in [0.2, 0.25) is 0 Å². The number of para-hydroxylation sites is 1. The summed E-state index contributed by atoms with van der Waals surface area (Å²) < 4.78 is 13.8. The molecule has 6 heteroatoms. The van der Waals surface area contributed by atoms with Gasteiger partial charge in [-0.25, -0.2) is 9.18 Å². The Morgan fingerprint density at radius 3 is 2.05 bits per heavy atom. The summed E-state index contributed by atoms with van der Waals surface area (Å²) in [6, 6.07) is 6.96. The molecular weight excluding hydrogens is 283 g/mol. The molecule has 2 amide bonds. The van der Waals surface area contributed by atoms with Gasteiger partial charge in [-0.05, 0) is 19.2 Å². The van der Waals surface area contributed by atoms with Gasteiger partial charge in [0.15, 0.2) is 0 Å². The molecule has 0 radical (unpaired) electrons. The van der Waals surface area contributed by atoms with Gasteiger partial charge in [-0.15, -0.1) is 0 Å². The minimum atomic E-state index is -0.193.